The van der Waals surface area contributed by atoms with Gasteiger partial charge in [-0.3, -0.25) is 4.21 Å². The Balaban J connectivity index is 2.52. The smallest absolute Gasteiger partial charge is 0.0532 e. The lowest BCUT2D eigenvalue weighted by Gasteiger charge is -2.01. The summed E-state index contributed by atoms with van der Waals surface area (Å²) in [6.07, 6.45) is 2.45. The average Bonchev–Trinajstić information content (AvgIpc) is 2.26. The van der Waals surface area contributed by atoms with Crippen LogP contribution in [0.3, 0.4) is 0 Å². The predicted molar refractivity (Wildman–Crippen MR) is 61.7 cm³/mol. The quantitative estimate of drug-likeness (QED) is 0.677. The third-order valence-corrected chi connectivity index (χ3v) is 3.28. The summed E-state index contributed by atoms with van der Waals surface area (Å²) < 4.78 is 11.7. The summed E-state index contributed by atoms with van der Waals surface area (Å²) >= 11 is 0. The van der Waals surface area contributed by atoms with Crippen molar-refractivity contribution in [3.8, 4) is 0 Å². The lowest BCUT2D eigenvalue weighted by atomic mass is 10.2. The van der Waals surface area contributed by atoms with Gasteiger partial charge in [0.15, 0.2) is 0 Å². The van der Waals surface area contributed by atoms with E-state index in [-0.39, 0.29) is 0 Å². The van der Waals surface area contributed by atoms with Crippen LogP contribution in [-0.4, -0.2) is 9.96 Å². The lowest BCUT2D eigenvalue weighted by Crippen LogP contribution is -1.98. The maximum atomic E-state index is 11.7. The molecule has 0 amide bonds. The molecule has 0 saturated heterocycles. The third-order valence-electron chi connectivity index (χ3n) is 1.90. The molecule has 0 N–H and O–H groups in total. The van der Waals surface area contributed by atoms with Gasteiger partial charge in [-0.05, 0) is 18.6 Å². The summed E-state index contributed by atoms with van der Waals surface area (Å²) in [7, 11) is -0.914. The molecule has 0 saturated carbocycles. The van der Waals surface area contributed by atoms with Crippen molar-refractivity contribution in [1.29, 1.82) is 0 Å². The molecular formula is C12H14OS. The molecule has 1 nitrogen and oxygen atoms in total. The van der Waals surface area contributed by atoms with Crippen molar-refractivity contribution >= 4 is 10.8 Å². The minimum Gasteiger partial charge on any atom is -0.254 e. The van der Waals surface area contributed by atoms with Crippen molar-refractivity contribution < 1.29 is 4.21 Å². The first-order chi connectivity index (χ1) is 6.74. The normalized spacial score (nSPS) is 12.0. The predicted octanol–water partition coefficient (Wildman–Crippen LogP) is 2.93. The fourth-order valence-electron chi connectivity index (χ4n) is 1.02. The van der Waals surface area contributed by atoms with E-state index in [1.165, 1.54) is 0 Å². The Hall–Kier alpha value is -1.15. The Kier molecular flexibility index (Phi) is 4.33. The van der Waals surface area contributed by atoms with Crippen molar-refractivity contribution in [2.45, 2.75) is 11.3 Å². The molecule has 1 aromatic carbocycles. The Labute approximate surface area is 87.6 Å². The minimum atomic E-state index is -0.914. The summed E-state index contributed by atoms with van der Waals surface area (Å²) in [6, 6.07) is 9.48. The molecule has 0 aliphatic carbocycles. The van der Waals surface area contributed by atoms with Crippen LogP contribution < -0.4 is 0 Å². The first-order valence-corrected chi connectivity index (χ1v) is 5.79. The minimum absolute atomic E-state index is 0.620. The monoisotopic (exact) mass is 206 g/mol. The topological polar surface area (TPSA) is 17.1 Å². The van der Waals surface area contributed by atoms with E-state index in [4.69, 9.17) is 0 Å². The van der Waals surface area contributed by atoms with Gasteiger partial charge in [-0.2, -0.15) is 0 Å². The Bertz CT molecular complexity index is 341. The van der Waals surface area contributed by atoms with Gasteiger partial charge in [0.25, 0.3) is 0 Å². The van der Waals surface area contributed by atoms with Gasteiger partial charge in [0.05, 0.1) is 10.8 Å². The van der Waals surface area contributed by atoms with E-state index in [0.29, 0.717) is 5.75 Å². The third kappa shape index (κ3) is 3.30. The molecule has 0 aliphatic rings. The molecule has 0 fully saturated rings. The van der Waals surface area contributed by atoms with Crippen molar-refractivity contribution in [2.75, 3.05) is 5.75 Å². The van der Waals surface area contributed by atoms with E-state index in [1.54, 1.807) is 6.08 Å². The molecule has 2 heteroatoms. The van der Waals surface area contributed by atoms with Crippen LogP contribution in [0.1, 0.15) is 6.42 Å². The van der Waals surface area contributed by atoms with E-state index < -0.39 is 10.8 Å². The molecule has 1 unspecified atom stereocenters. The number of hydrogen-bond donors (Lipinski definition) is 0. The SMILES string of the molecule is C=CC(=C)CCS(=O)c1ccccc1. The van der Waals surface area contributed by atoms with E-state index in [9.17, 15) is 4.21 Å². The van der Waals surface area contributed by atoms with Crippen molar-refractivity contribution in [3.05, 3.63) is 55.1 Å². The maximum absolute atomic E-state index is 11.7. The van der Waals surface area contributed by atoms with Crippen LogP contribution in [0.4, 0.5) is 0 Å². The maximum Gasteiger partial charge on any atom is 0.0532 e. The van der Waals surface area contributed by atoms with Gasteiger partial charge in [0.1, 0.15) is 0 Å². The summed E-state index contributed by atoms with van der Waals surface area (Å²) in [5.74, 6) is 0.620. The van der Waals surface area contributed by atoms with Crippen LogP contribution in [0.25, 0.3) is 0 Å². The highest BCUT2D eigenvalue weighted by molar-refractivity contribution is 7.85. The van der Waals surface area contributed by atoms with Gasteiger partial charge in [0.2, 0.25) is 0 Å². The number of allylic oxidation sites excluding steroid dienone is 2. The van der Waals surface area contributed by atoms with E-state index in [1.807, 2.05) is 30.3 Å². The van der Waals surface area contributed by atoms with Crippen LogP contribution in [0.15, 0.2) is 60.0 Å². The second-order valence-corrected chi connectivity index (χ2v) is 4.55. The lowest BCUT2D eigenvalue weighted by molar-refractivity contribution is 0.682. The molecule has 1 rings (SSSR count). The van der Waals surface area contributed by atoms with Crippen molar-refractivity contribution in [2.24, 2.45) is 0 Å². The van der Waals surface area contributed by atoms with Crippen LogP contribution in [-0.2, 0) is 10.8 Å². The van der Waals surface area contributed by atoms with Crippen molar-refractivity contribution in [1.82, 2.24) is 0 Å². The largest absolute Gasteiger partial charge is 0.254 e. The first-order valence-electron chi connectivity index (χ1n) is 4.47. The standard InChI is InChI=1S/C12H14OS/c1-3-11(2)9-10-14(13)12-7-5-4-6-8-12/h3-8H,1-2,9-10H2. The van der Waals surface area contributed by atoms with E-state index in [0.717, 1.165) is 16.9 Å². The number of benzene rings is 1. The first kappa shape index (κ1) is 10.9. The Morgan fingerprint density at radius 1 is 1.36 bits per heavy atom. The van der Waals surface area contributed by atoms with Gasteiger partial charge < -0.3 is 0 Å². The molecule has 14 heavy (non-hydrogen) atoms. The Morgan fingerprint density at radius 3 is 2.57 bits per heavy atom. The summed E-state index contributed by atoms with van der Waals surface area (Å²) in [6.45, 7) is 7.40. The second kappa shape index (κ2) is 5.55. The van der Waals surface area contributed by atoms with Crippen molar-refractivity contribution in [3.63, 3.8) is 0 Å². The fraction of sp³-hybridized carbons (Fsp3) is 0.167. The molecule has 0 bridgehead atoms. The molecule has 1 aromatic rings. The number of hydrogen-bond acceptors (Lipinski definition) is 1. The van der Waals surface area contributed by atoms with Crippen LogP contribution in [0.5, 0.6) is 0 Å². The average molecular weight is 206 g/mol. The van der Waals surface area contributed by atoms with Gasteiger partial charge in [0, 0.05) is 10.6 Å². The van der Waals surface area contributed by atoms with E-state index >= 15 is 0 Å². The molecule has 0 aromatic heterocycles. The highest BCUT2D eigenvalue weighted by Gasteiger charge is 2.02. The molecule has 1 atom stereocenters. The summed E-state index contributed by atoms with van der Waals surface area (Å²) in [5, 5.41) is 0. The number of rotatable bonds is 5. The second-order valence-electron chi connectivity index (χ2n) is 2.98. The fourth-order valence-corrected chi connectivity index (χ4v) is 2.16. The van der Waals surface area contributed by atoms with Gasteiger partial charge in [-0.25, -0.2) is 0 Å². The molecule has 0 spiro atoms. The van der Waals surface area contributed by atoms with Gasteiger partial charge in [-0.15, -0.1) is 0 Å². The molecule has 0 aliphatic heterocycles. The highest BCUT2D eigenvalue weighted by Crippen LogP contribution is 2.09. The van der Waals surface area contributed by atoms with Crippen LogP contribution in [0.2, 0.25) is 0 Å². The molecule has 0 heterocycles. The zero-order chi connectivity index (χ0) is 10.4. The van der Waals surface area contributed by atoms with Crippen LogP contribution in [0, 0.1) is 0 Å². The van der Waals surface area contributed by atoms with Gasteiger partial charge >= 0.3 is 0 Å². The Morgan fingerprint density at radius 2 is 2.00 bits per heavy atom. The summed E-state index contributed by atoms with van der Waals surface area (Å²) in [4.78, 5) is 0.879. The highest BCUT2D eigenvalue weighted by atomic mass is 32.2. The summed E-state index contributed by atoms with van der Waals surface area (Å²) in [5.41, 5.74) is 0.939. The molecule has 0 radical (unpaired) electrons. The zero-order valence-electron chi connectivity index (χ0n) is 8.11. The van der Waals surface area contributed by atoms with E-state index in [2.05, 4.69) is 13.2 Å². The zero-order valence-corrected chi connectivity index (χ0v) is 8.93. The molecular weight excluding hydrogens is 192 g/mol. The molecule has 74 valence electrons. The van der Waals surface area contributed by atoms with Gasteiger partial charge in [-0.1, -0.05) is 43.0 Å². The van der Waals surface area contributed by atoms with Crippen LogP contribution >= 0.6 is 0 Å².